The first-order chi connectivity index (χ1) is 6.72. The number of pyridine rings is 1. The van der Waals surface area contributed by atoms with E-state index in [0.717, 1.165) is 6.54 Å². The third kappa shape index (κ3) is 5.52. The van der Waals surface area contributed by atoms with Crippen molar-refractivity contribution in [1.82, 2.24) is 5.32 Å². The van der Waals surface area contributed by atoms with Crippen LogP contribution in [0.15, 0.2) is 24.5 Å². The Kier molecular flexibility index (Phi) is 6.96. The highest BCUT2D eigenvalue weighted by Crippen LogP contribution is 1.90. The summed E-state index contributed by atoms with van der Waals surface area (Å²) in [5, 5.41) is 2.77. The maximum Gasteiger partial charge on any atom is 0.226 e. The van der Waals surface area contributed by atoms with E-state index in [-0.39, 0.29) is 22.9 Å². The van der Waals surface area contributed by atoms with E-state index in [0.29, 0.717) is 13.0 Å². The number of carbonyl (C=O) groups is 1. The fourth-order valence-electron chi connectivity index (χ4n) is 1.20. The van der Waals surface area contributed by atoms with Gasteiger partial charge in [-0.2, -0.15) is 0 Å². The summed E-state index contributed by atoms with van der Waals surface area (Å²) in [5.41, 5.74) is 1.24. The first-order valence-electron chi connectivity index (χ1n) is 4.94. The van der Waals surface area contributed by atoms with E-state index >= 15 is 0 Å². The minimum Gasteiger partial charge on any atom is -1.00 e. The second kappa shape index (κ2) is 7.40. The second-order valence-electron chi connectivity index (χ2n) is 3.32. The number of aromatic nitrogens is 1. The summed E-state index contributed by atoms with van der Waals surface area (Å²) in [5.74, 6) is 0.112. The standard InChI is InChI=1S/C11H16N2O.BrH/c1-3-12-11(14)6-9-13-7-4-10(2)5-8-13;/h4-5,7-8H,3,6,9H2,1-2H3;1H. The number of nitrogens with one attached hydrogen (secondary N) is 1. The molecule has 1 aromatic heterocycles. The van der Waals surface area contributed by atoms with Gasteiger partial charge < -0.3 is 22.3 Å². The van der Waals surface area contributed by atoms with Crippen LogP contribution >= 0.6 is 0 Å². The van der Waals surface area contributed by atoms with Gasteiger partial charge >= 0.3 is 0 Å². The highest BCUT2D eigenvalue weighted by atomic mass is 79.9. The molecule has 0 aliphatic carbocycles. The van der Waals surface area contributed by atoms with Crippen molar-refractivity contribution in [2.45, 2.75) is 26.8 Å². The van der Waals surface area contributed by atoms with Crippen LogP contribution in [0.5, 0.6) is 0 Å². The van der Waals surface area contributed by atoms with Crippen LogP contribution in [0.25, 0.3) is 0 Å². The lowest BCUT2D eigenvalue weighted by molar-refractivity contribution is -0.695. The maximum absolute atomic E-state index is 11.2. The SMILES string of the molecule is CCNC(=O)CC[n+]1ccc(C)cc1.[Br-]. The number of rotatable bonds is 4. The number of carbonyl (C=O) groups excluding carboxylic acids is 1. The molecule has 3 nitrogen and oxygen atoms in total. The Hall–Kier alpha value is -0.900. The molecule has 1 heterocycles. The molecule has 84 valence electrons. The molecule has 0 aliphatic rings. The van der Waals surface area contributed by atoms with Gasteiger partial charge in [-0.05, 0) is 19.4 Å². The molecule has 1 amide bonds. The van der Waals surface area contributed by atoms with Gasteiger partial charge in [-0.25, -0.2) is 4.57 Å². The predicted octanol–water partition coefficient (Wildman–Crippen LogP) is -2.19. The summed E-state index contributed by atoms with van der Waals surface area (Å²) in [6, 6.07) is 4.08. The molecule has 0 unspecified atom stereocenters. The number of nitrogens with zero attached hydrogens (tertiary/aromatic N) is 1. The van der Waals surface area contributed by atoms with Crippen molar-refractivity contribution in [2.24, 2.45) is 0 Å². The van der Waals surface area contributed by atoms with Gasteiger partial charge in [0.15, 0.2) is 18.9 Å². The average molecular weight is 273 g/mol. The average Bonchev–Trinajstić information content (AvgIpc) is 2.17. The molecule has 0 aromatic carbocycles. The topological polar surface area (TPSA) is 33.0 Å². The van der Waals surface area contributed by atoms with Crippen LogP contribution in [0.2, 0.25) is 0 Å². The van der Waals surface area contributed by atoms with Gasteiger partial charge in [0.2, 0.25) is 5.91 Å². The molecule has 0 radical (unpaired) electrons. The summed E-state index contributed by atoms with van der Waals surface area (Å²) in [6.45, 7) is 5.43. The van der Waals surface area contributed by atoms with Crippen molar-refractivity contribution < 1.29 is 26.3 Å². The van der Waals surface area contributed by atoms with Crippen LogP contribution in [0.3, 0.4) is 0 Å². The van der Waals surface area contributed by atoms with Crippen LogP contribution in [0, 0.1) is 6.92 Å². The van der Waals surface area contributed by atoms with Crippen molar-refractivity contribution in [3.8, 4) is 0 Å². The Morgan fingerprint density at radius 3 is 2.53 bits per heavy atom. The molecule has 0 saturated heterocycles. The third-order valence-corrected chi connectivity index (χ3v) is 2.03. The maximum atomic E-state index is 11.2. The lowest BCUT2D eigenvalue weighted by Crippen LogP contribution is -3.00. The zero-order chi connectivity index (χ0) is 10.4. The molecule has 1 aromatic rings. The quantitative estimate of drug-likeness (QED) is 0.621. The van der Waals surface area contributed by atoms with Gasteiger partial charge in [0.05, 0.1) is 6.42 Å². The smallest absolute Gasteiger partial charge is 0.226 e. The molecule has 0 aliphatic heterocycles. The largest absolute Gasteiger partial charge is 1.00 e. The summed E-state index contributed by atoms with van der Waals surface area (Å²) < 4.78 is 2.02. The molecule has 0 saturated carbocycles. The number of amides is 1. The summed E-state index contributed by atoms with van der Waals surface area (Å²) in [6.07, 6.45) is 4.53. The molecular formula is C11H17BrN2O. The van der Waals surface area contributed by atoms with Crippen molar-refractivity contribution in [1.29, 1.82) is 0 Å². The van der Waals surface area contributed by atoms with E-state index in [1.54, 1.807) is 0 Å². The molecule has 0 atom stereocenters. The van der Waals surface area contributed by atoms with Crippen molar-refractivity contribution in [3.05, 3.63) is 30.1 Å². The van der Waals surface area contributed by atoms with E-state index < -0.39 is 0 Å². The molecule has 1 rings (SSSR count). The summed E-state index contributed by atoms with van der Waals surface area (Å²) in [4.78, 5) is 11.2. The predicted molar refractivity (Wildman–Crippen MR) is 54.7 cm³/mol. The minimum absolute atomic E-state index is 0. The van der Waals surface area contributed by atoms with Gasteiger partial charge in [-0.1, -0.05) is 0 Å². The van der Waals surface area contributed by atoms with Gasteiger partial charge in [-0.3, -0.25) is 4.79 Å². The van der Waals surface area contributed by atoms with Crippen LogP contribution in [0.1, 0.15) is 18.9 Å². The fourth-order valence-corrected chi connectivity index (χ4v) is 1.20. The van der Waals surface area contributed by atoms with Gasteiger partial charge in [0.1, 0.15) is 0 Å². The number of hydrogen-bond acceptors (Lipinski definition) is 1. The number of aryl methyl sites for hydroxylation is 2. The van der Waals surface area contributed by atoms with Crippen LogP contribution in [0.4, 0.5) is 0 Å². The van der Waals surface area contributed by atoms with Crippen LogP contribution in [-0.4, -0.2) is 12.5 Å². The highest BCUT2D eigenvalue weighted by Gasteiger charge is 2.04. The highest BCUT2D eigenvalue weighted by molar-refractivity contribution is 5.75. The van der Waals surface area contributed by atoms with Gasteiger partial charge in [-0.15, -0.1) is 0 Å². The Morgan fingerprint density at radius 1 is 1.40 bits per heavy atom. The lowest BCUT2D eigenvalue weighted by atomic mass is 10.3. The third-order valence-electron chi connectivity index (χ3n) is 2.03. The summed E-state index contributed by atoms with van der Waals surface area (Å²) in [7, 11) is 0. The normalized spacial score (nSPS) is 9.20. The van der Waals surface area contributed by atoms with E-state index in [1.165, 1.54) is 5.56 Å². The minimum atomic E-state index is 0. The van der Waals surface area contributed by atoms with Crippen molar-refractivity contribution in [3.63, 3.8) is 0 Å². The molecule has 0 spiro atoms. The fraction of sp³-hybridized carbons (Fsp3) is 0.455. The Bertz CT molecular complexity index is 298. The lowest BCUT2D eigenvalue weighted by Gasteiger charge is -1.99. The van der Waals surface area contributed by atoms with Gasteiger partial charge in [0, 0.05) is 18.7 Å². The zero-order valence-corrected chi connectivity index (χ0v) is 10.8. The molecule has 1 N–H and O–H groups in total. The molecular weight excluding hydrogens is 256 g/mol. The molecule has 4 heteroatoms. The van der Waals surface area contributed by atoms with E-state index in [2.05, 4.69) is 5.32 Å². The first-order valence-corrected chi connectivity index (χ1v) is 4.94. The van der Waals surface area contributed by atoms with Crippen molar-refractivity contribution >= 4 is 5.91 Å². The van der Waals surface area contributed by atoms with E-state index in [4.69, 9.17) is 0 Å². The van der Waals surface area contributed by atoms with E-state index in [9.17, 15) is 4.79 Å². The molecule has 0 fully saturated rings. The Balaban J connectivity index is 0.00000196. The summed E-state index contributed by atoms with van der Waals surface area (Å²) >= 11 is 0. The van der Waals surface area contributed by atoms with Crippen LogP contribution in [-0.2, 0) is 11.3 Å². The second-order valence-corrected chi connectivity index (χ2v) is 3.32. The number of halogens is 1. The van der Waals surface area contributed by atoms with Crippen molar-refractivity contribution in [2.75, 3.05) is 6.54 Å². The first kappa shape index (κ1) is 14.1. The number of hydrogen-bond donors (Lipinski definition) is 1. The van der Waals surface area contributed by atoms with E-state index in [1.807, 2.05) is 42.9 Å². The molecule has 15 heavy (non-hydrogen) atoms. The van der Waals surface area contributed by atoms with Gasteiger partial charge in [0.25, 0.3) is 0 Å². The van der Waals surface area contributed by atoms with Crippen LogP contribution < -0.4 is 26.9 Å². The molecule has 0 bridgehead atoms. The Labute approximate surface area is 101 Å². The zero-order valence-electron chi connectivity index (χ0n) is 9.16. The monoisotopic (exact) mass is 272 g/mol. The Morgan fingerprint density at radius 2 is 2.00 bits per heavy atom.